The Kier molecular flexibility index (Phi) is 5.78. The molecule has 3 aromatic carbocycles. The van der Waals surface area contributed by atoms with E-state index in [0.29, 0.717) is 0 Å². The highest BCUT2D eigenvalue weighted by Gasteiger charge is 2.41. The Morgan fingerprint density at radius 2 is 1.37 bits per heavy atom. The second kappa shape index (κ2) is 8.64. The lowest BCUT2D eigenvalue weighted by molar-refractivity contribution is -0.685. The van der Waals surface area contributed by atoms with Crippen molar-refractivity contribution in [2.24, 2.45) is 7.05 Å². The van der Waals surface area contributed by atoms with Crippen LogP contribution in [0, 0.1) is 6.92 Å². The molecule has 2 heteroatoms. The van der Waals surface area contributed by atoms with Gasteiger partial charge in [-0.1, -0.05) is 78.9 Å². The van der Waals surface area contributed by atoms with Gasteiger partial charge in [-0.25, -0.2) is 4.57 Å². The van der Waals surface area contributed by atoms with Gasteiger partial charge in [0.25, 0.3) is 0 Å². The molecule has 0 radical (unpaired) electrons. The van der Waals surface area contributed by atoms with Crippen molar-refractivity contribution in [2.45, 2.75) is 18.9 Å². The zero-order valence-electron chi connectivity index (χ0n) is 17.9. The van der Waals surface area contributed by atoms with E-state index in [1.165, 1.54) is 22.3 Å². The third-order valence-corrected chi connectivity index (χ3v) is 5.98. The fourth-order valence-corrected chi connectivity index (χ4v) is 4.22. The third kappa shape index (κ3) is 3.79. The Balaban J connectivity index is 1.85. The summed E-state index contributed by atoms with van der Waals surface area (Å²) in [5.74, 6) is 0. The summed E-state index contributed by atoms with van der Waals surface area (Å²) < 4.78 is 8.53. The smallest absolute Gasteiger partial charge is 0.218 e. The topological polar surface area (TPSA) is 13.1 Å². The number of ether oxygens (including phenoxy) is 1. The Labute approximate surface area is 179 Å². The minimum absolute atomic E-state index is 0.586. The first-order chi connectivity index (χ1) is 14.6. The van der Waals surface area contributed by atoms with E-state index >= 15 is 0 Å². The number of hydrogen-bond donors (Lipinski definition) is 0. The lowest BCUT2D eigenvalue weighted by atomic mass is 9.82. The van der Waals surface area contributed by atoms with Gasteiger partial charge >= 0.3 is 0 Å². The Hall–Kier alpha value is -3.23. The maximum atomic E-state index is 6.37. The highest BCUT2D eigenvalue weighted by Crippen LogP contribution is 2.36. The molecule has 4 rings (SSSR count). The number of aryl methyl sites for hydroxylation is 2. The van der Waals surface area contributed by atoms with Gasteiger partial charge in [0.2, 0.25) is 5.69 Å². The standard InChI is InChI=1S/C28H28NO/c1-22-11-7-8-14-25(22)21-28(30-3,27-15-9-10-20-29(27)2)26-18-16-24(17-19-26)23-12-5-4-6-13-23/h4-20H,21H2,1-3H3/q+1. The van der Waals surface area contributed by atoms with Gasteiger partial charge < -0.3 is 4.74 Å². The molecule has 150 valence electrons. The van der Waals surface area contributed by atoms with Gasteiger partial charge in [-0.05, 0) is 40.8 Å². The number of methoxy groups -OCH3 is 1. The molecule has 0 amide bonds. The Morgan fingerprint density at radius 1 is 0.733 bits per heavy atom. The molecular weight excluding hydrogens is 366 g/mol. The van der Waals surface area contributed by atoms with Gasteiger partial charge in [0, 0.05) is 25.7 Å². The molecule has 0 saturated heterocycles. The maximum absolute atomic E-state index is 6.37. The van der Waals surface area contributed by atoms with E-state index < -0.39 is 5.60 Å². The lowest BCUT2D eigenvalue weighted by Crippen LogP contribution is -2.46. The van der Waals surface area contributed by atoms with Crippen LogP contribution in [-0.2, 0) is 23.8 Å². The molecule has 0 fully saturated rings. The SMILES string of the molecule is COC(Cc1ccccc1C)(c1ccc(-c2ccccc2)cc1)c1cccc[n+]1C. The number of hydrogen-bond acceptors (Lipinski definition) is 1. The van der Waals surface area contributed by atoms with Crippen LogP contribution in [-0.4, -0.2) is 7.11 Å². The molecular formula is C28H28NO+. The van der Waals surface area contributed by atoms with Crippen LogP contribution in [0.3, 0.4) is 0 Å². The van der Waals surface area contributed by atoms with Crippen molar-refractivity contribution in [1.82, 2.24) is 0 Å². The van der Waals surface area contributed by atoms with Gasteiger partial charge in [-0.3, -0.25) is 0 Å². The third-order valence-electron chi connectivity index (χ3n) is 5.98. The molecule has 1 heterocycles. The van der Waals surface area contributed by atoms with Crippen LogP contribution in [0.2, 0.25) is 0 Å². The average molecular weight is 395 g/mol. The fraction of sp³-hybridized carbons (Fsp3) is 0.179. The second-order valence-corrected chi connectivity index (χ2v) is 7.77. The molecule has 0 aliphatic heterocycles. The first-order valence-corrected chi connectivity index (χ1v) is 10.3. The summed E-state index contributed by atoms with van der Waals surface area (Å²) in [6.07, 6.45) is 2.85. The van der Waals surface area contributed by atoms with Crippen LogP contribution in [0.5, 0.6) is 0 Å². The van der Waals surface area contributed by atoms with Crippen molar-refractivity contribution in [3.8, 4) is 11.1 Å². The largest absolute Gasteiger partial charge is 0.362 e. The molecule has 2 nitrogen and oxygen atoms in total. The van der Waals surface area contributed by atoms with Gasteiger partial charge in [0.1, 0.15) is 7.05 Å². The molecule has 1 aromatic heterocycles. The van der Waals surface area contributed by atoms with Crippen molar-refractivity contribution >= 4 is 0 Å². The molecule has 1 atom stereocenters. The molecule has 0 N–H and O–H groups in total. The summed E-state index contributed by atoms with van der Waals surface area (Å²) in [7, 11) is 3.90. The summed E-state index contributed by atoms with van der Waals surface area (Å²) in [5, 5.41) is 0. The predicted molar refractivity (Wildman–Crippen MR) is 122 cm³/mol. The Bertz CT molecular complexity index is 1120. The minimum atomic E-state index is -0.586. The van der Waals surface area contributed by atoms with E-state index in [9.17, 15) is 0 Å². The molecule has 0 saturated carbocycles. The van der Waals surface area contributed by atoms with Crippen molar-refractivity contribution in [1.29, 1.82) is 0 Å². The van der Waals surface area contributed by atoms with E-state index in [-0.39, 0.29) is 0 Å². The number of aromatic nitrogens is 1. The van der Waals surface area contributed by atoms with E-state index in [4.69, 9.17) is 4.74 Å². The quantitative estimate of drug-likeness (QED) is 0.387. The van der Waals surface area contributed by atoms with Crippen LogP contribution in [0.1, 0.15) is 22.4 Å². The summed E-state index contributed by atoms with van der Waals surface area (Å²) in [6, 6.07) is 34.1. The first-order valence-electron chi connectivity index (χ1n) is 10.3. The van der Waals surface area contributed by atoms with Gasteiger partial charge in [-0.15, -0.1) is 0 Å². The molecule has 0 aliphatic carbocycles. The fourth-order valence-electron chi connectivity index (χ4n) is 4.22. The van der Waals surface area contributed by atoms with E-state index in [1.54, 1.807) is 0 Å². The van der Waals surface area contributed by atoms with Crippen molar-refractivity contribution in [2.75, 3.05) is 7.11 Å². The molecule has 4 aromatic rings. The minimum Gasteiger partial charge on any atom is -0.362 e. The molecule has 0 spiro atoms. The Morgan fingerprint density at radius 3 is 2.03 bits per heavy atom. The summed E-state index contributed by atoms with van der Waals surface area (Å²) >= 11 is 0. The maximum Gasteiger partial charge on any atom is 0.218 e. The van der Waals surface area contributed by atoms with Crippen LogP contribution >= 0.6 is 0 Å². The van der Waals surface area contributed by atoms with Crippen LogP contribution < -0.4 is 4.57 Å². The van der Waals surface area contributed by atoms with Gasteiger partial charge in [0.15, 0.2) is 11.8 Å². The summed E-state index contributed by atoms with van der Waals surface area (Å²) in [5.41, 5.74) is 6.68. The first kappa shape index (κ1) is 20.1. The van der Waals surface area contributed by atoms with Crippen LogP contribution in [0.15, 0.2) is 103 Å². The zero-order valence-corrected chi connectivity index (χ0v) is 17.9. The highest BCUT2D eigenvalue weighted by atomic mass is 16.5. The van der Waals surface area contributed by atoms with Crippen molar-refractivity contribution in [3.05, 3.63) is 126 Å². The number of rotatable bonds is 6. The van der Waals surface area contributed by atoms with E-state index in [0.717, 1.165) is 17.7 Å². The highest BCUT2D eigenvalue weighted by molar-refractivity contribution is 5.63. The van der Waals surface area contributed by atoms with E-state index in [2.05, 4.69) is 116 Å². The summed E-state index contributed by atoms with van der Waals surface area (Å²) in [4.78, 5) is 0. The summed E-state index contributed by atoms with van der Waals surface area (Å²) in [6.45, 7) is 2.17. The van der Waals surface area contributed by atoms with E-state index in [1.807, 2.05) is 13.2 Å². The van der Waals surface area contributed by atoms with Crippen molar-refractivity contribution < 1.29 is 9.30 Å². The molecule has 1 unspecified atom stereocenters. The van der Waals surface area contributed by atoms with Crippen molar-refractivity contribution in [3.63, 3.8) is 0 Å². The molecule has 0 aliphatic rings. The molecule has 0 bridgehead atoms. The average Bonchev–Trinajstić information content (AvgIpc) is 2.80. The number of pyridine rings is 1. The predicted octanol–water partition coefficient (Wildman–Crippen LogP) is 5.62. The molecule has 30 heavy (non-hydrogen) atoms. The number of benzene rings is 3. The van der Waals surface area contributed by atoms with Gasteiger partial charge in [0.05, 0.1) is 0 Å². The second-order valence-electron chi connectivity index (χ2n) is 7.77. The monoisotopic (exact) mass is 394 g/mol. The van der Waals surface area contributed by atoms with Crippen LogP contribution in [0.25, 0.3) is 11.1 Å². The zero-order chi connectivity index (χ0) is 21.0. The lowest BCUT2D eigenvalue weighted by Gasteiger charge is -2.31. The number of nitrogens with zero attached hydrogens (tertiary/aromatic N) is 1. The van der Waals surface area contributed by atoms with Crippen LogP contribution in [0.4, 0.5) is 0 Å². The van der Waals surface area contributed by atoms with Gasteiger partial charge in [-0.2, -0.15) is 0 Å². The normalized spacial score (nSPS) is 13.0.